The highest BCUT2D eigenvalue weighted by Crippen LogP contribution is 2.17. The molecule has 0 saturated carbocycles. The number of hydrogen-bond donors (Lipinski definition) is 0. The molecule has 0 aliphatic rings. The van der Waals surface area contributed by atoms with Gasteiger partial charge in [-0.1, -0.05) is 318 Å². The van der Waals surface area contributed by atoms with E-state index in [1.807, 2.05) is 0 Å². The Morgan fingerprint density at radius 3 is 0.762 bits per heavy atom. The Morgan fingerprint density at radius 1 is 0.263 bits per heavy atom. The summed E-state index contributed by atoms with van der Waals surface area (Å²) >= 11 is 0. The summed E-state index contributed by atoms with van der Waals surface area (Å²) in [5, 5.41) is 0. The highest BCUT2D eigenvalue weighted by atomic mass is 16.6. The molecule has 0 aliphatic carbocycles. The third-order valence-electron chi connectivity index (χ3n) is 15.1. The zero-order chi connectivity index (χ0) is 57.8. The van der Waals surface area contributed by atoms with E-state index in [1.165, 1.54) is 193 Å². The number of carbonyl (C=O) groups excluding carboxylic acids is 3. The minimum absolute atomic E-state index is 0.0806. The quantitative estimate of drug-likeness (QED) is 0.0261. The van der Waals surface area contributed by atoms with Crippen molar-refractivity contribution in [1.82, 2.24) is 0 Å². The second-order valence-corrected chi connectivity index (χ2v) is 23.1. The maximum absolute atomic E-state index is 12.9. The highest BCUT2D eigenvalue weighted by molar-refractivity contribution is 5.71. The number of ether oxygens (including phenoxy) is 3. The minimum Gasteiger partial charge on any atom is -0.462 e. The van der Waals surface area contributed by atoms with E-state index < -0.39 is 6.10 Å². The summed E-state index contributed by atoms with van der Waals surface area (Å²) in [6, 6.07) is 0. The van der Waals surface area contributed by atoms with Gasteiger partial charge in [0.05, 0.1) is 0 Å². The van der Waals surface area contributed by atoms with Crippen LogP contribution < -0.4 is 0 Å². The standard InChI is InChI=1S/C74H130O6/c1-4-7-10-13-16-19-22-24-26-28-30-32-33-34-35-36-37-38-39-40-41-43-44-46-48-50-52-55-58-61-64-67-73(76)79-70-71(69-78-72(75)66-63-60-57-54-21-18-15-12-9-6-3)80-74(77)68-65-62-59-56-53-51-49-47-45-42-31-29-27-25-23-20-17-14-11-8-5-2/h8,11,17,20,22,24-25,27-28,30-31,42,47,49,71H,4-7,9-10,12-16,18-19,21,23,26,29,32-41,43-46,48,50-70H2,1-3H3/b11-8-,20-17-,24-22-,27-25-,30-28-,42-31-,49-47-. The lowest BCUT2D eigenvalue weighted by atomic mass is 10.0. The van der Waals surface area contributed by atoms with Gasteiger partial charge in [0.1, 0.15) is 13.2 Å². The van der Waals surface area contributed by atoms with Gasteiger partial charge in [0.2, 0.25) is 0 Å². The molecule has 1 atom stereocenters. The molecule has 0 fully saturated rings. The molecule has 0 aromatic heterocycles. The highest BCUT2D eigenvalue weighted by Gasteiger charge is 2.19. The van der Waals surface area contributed by atoms with Crippen molar-refractivity contribution in [2.24, 2.45) is 0 Å². The monoisotopic (exact) mass is 1110 g/mol. The van der Waals surface area contributed by atoms with Crippen molar-refractivity contribution in [3.8, 4) is 0 Å². The number of esters is 3. The lowest BCUT2D eigenvalue weighted by Gasteiger charge is -2.18. The van der Waals surface area contributed by atoms with Crippen LogP contribution in [0.15, 0.2) is 85.1 Å². The van der Waals surface area contributed by atoms with Crippen LogP contribution in [0.2, 0.25) is 0 Å². The van der Waals surface area contributed by atoms with Crippen LogP contribution in [0.5, 0.6) is 0 Å². The summed E-state index contributed by atoms with van der Waals surface area (Å²) in [6.45, 7) is 6.53. The topological polar surface area (TPSA) is 78.9 Å². The van der Waals surface area contributed by atoms with Gasteiger partial charge in [0, 0.05) is 19.3 Å². The normalized spacial score (nSPS) is 12.6. The van der Waals surface area contributed by atoms with Crippen LogP contribution >= 0.6 is 0 Å². The van der Waals surface area contributed by atoms with Gasteiger partial charge in [-0.2, -0.15) is 0 Å². The first kappa shape index (κ1) is 76.6. The Kier molecular flexibility index (Phi) is 65.2. The summed E-state index contributed by atoms with van der Waals surface area (Å²) in [4.78, 5) is 38.3. The van der Waals surface area contributed by atoms with Crippen LogP contribution in [0.3, 0.4) is 0 Å². The molecule has 1 unspecified atom stereocenters. The summed E-state index contributed by atoms with van der Waals surface area (Å²) in [5.74, 6) is -0.885. The molecule has 6 nitrogen and oxygen atoms in total. The molecule has 6 heteroatoms. The van der Waals surface area contributed by atoms with Crippen LogP contribution in [-0.2, 0) is 28.6 Å². The lowest BCUT2D eigenvalue weighted by Crippen LogP contribution is -2.30. The second-order valence-electron chi connectivity index (χ2n) is 23.1. The largest absolute Gasteiger partial charge is 0.462 e. The van der Waals surface area contributed by atoms with Gasteiger partial charge in [0.15, 0.2) is 6.10 Å². The van der Waals surface area contributed by atoms with Gasteiger partial charge < -0.3 is 14.2 Å². The molecule has 0 N–H and O–H groups in total. The van der Waals surface area contributed by atoms with Crippen LogP contribution in [0.1, 0.15) is 348 Å². The van der Waals surface area contributed by atoms with Crippen LogP contribution in [0, 0.1) is 0 Å². The van der Waals surface area contributed by atoms with E-state index in [4.69, 9.17) is 14.2 Å². The molecule has 0 bridgehead atoms. The van der Waals surface area contributed by atoms with Gasteiger partial charge in [-0.25, -0.2) is 0 Å². The van der Waals surface area contributed by atoms with Crippen molar-refractivity contribution in [2.45, 2.75) is 354 Å². The molecule has 0 radical (unpaired) electrons. The van der Waals surface area contributed by atoms with Crippen molar-refractivity contribution in [3.05, 3.63) is 85.1 Å². The van der Waals surface area contributed by atoms with E-state index in [9.17, 15) is 14.4 Å². The van der Waals surface area contributed by atoms with Gasteiger partial charge in [-0.3, -0.25) is 14.4 Å². The third kappa shape index (κ3) is 65.4. The molecule has 0 rings (SSSR count). The molecule has 0 aromatic rings. The number of carbonyl (C=O) groups is 3. The first-order valence-corrected chi connectivity index (χ1v) is 34.6. The lowest BCUT2D eigenvalue weighted by molar-refractivity contribution is -0.167. The maximum Gasteiger partial charge on any atom is 0.306 e. The molecule has 0 aromatic carbocycles. The van der Waals surface area contributed by atoms with Crippen LogP contribution in [0.4, 0.5) is 0 Å². The van der Waals surface area contributed by atoms with Crippen LogP contribution in [0.25, 0.3) is 0 Å². The first-order chi connectivity index (χ1) is 39.5. The van der Waals surface area contributed by atoms with Gasteiger partial charge in [-0.05, 0) is 96.3 Å². The van der Waals surface area contributed by atoms with Gasteiger partial charge in [0.25, 0.3) is 0 Å². The maximum atomic E-state index is 12.9. The smallest absolute Gasteiger partial charge is 0.306 e. The Labute approximate surface area is 496 Å². The zero-order valence-electron chi connectivity index (χ0n) is 53.1. The zero-order valence-corrected chi connectivity index (χ0v) is 53.1. The van der Waals surface area contributed by atoms with E-state index >= 15 is 0 Å². The number of allylic oxidation sites excluding steroid dienone is 14. The Morgan fingerprint density at radius 2 is 0.487 bits per heavy atom. The average molecular weight is 1120 g/mol. The van der Waals surface area contributed by atoms with E-state index in [0.29, 0.717) is 19.3 Å². The summed E-state index contributed by atoms with van der Waals surface area (Å²) in [7, 11) is 0. The minimum atomic E-state index is -0.785. The Hall–Kier alpha value is -3.41. The molecule has 0 heterocycles. The Balaban J connectivity index is 4.16. The molecular weight excluding hydrogens is 985 g/mol. The molecule has 0 saturated heterocycles. The van der Waals surface area contributed by atoms with Crippen molar-refractivity contribution in [1.29, 1.82) is 0 Å². The van der Waals surface area contributed by atoms with Crippen molar-refractivity contribution >= 4 is 17.9 Å². The summed E-state index contributed by atoms with van der Waals surface area (Å²) in [6.07, 6.45) is 90.5. The number of unbranched alkanes of at least 4 members (excludes halogenated alkanes) is 38. The molecule has 80 heavy (non-hydrogen) atoms. The fraction of sp³-hybridized carbons (Fsp3) is 0.770. The van der Waals surface area contributed by atoms with Crippen molar-refractivity contribution in [2.75, 3.05) is 13.2 Å². The molecule has 0 spiro atoms. The predicted molar refractivity (Wildman–Crippen MR) is 348 cm³/mol. The molecular formula is C74H130O6. The van der Waals surface area contributed by atoms with Gasteiger partial charge >= 0.3 is 17.9 Å². The fourth-order valence-electron chi connectivity index (χ4n) is 9.97. The molecule has 0 amide bonds. The first-order valence-electron chi connectivity index (χ1n) is 34.6. The number of rotatable bonds is 63. The molecule has 462 valence electrons. The van der Waals surface area contributed by atoms with Crippen LogP contribution in [-0.4, -0.2) is 37.2 Å². The fourth-order valence-corrected chi connectivity index (χ4v) is 9.97. The van der Waals surface area contributed by atoms with E-state index in [2.05, 4.69) is 106 Å². The SMILES string of the molecule is CC/C=C\C/C=C\C/C=C\C/C=C\C/C=C\CCCCCCCC(=O)OC(COC(=O)CCCCCCCCCCCC)COC(=O)CCCCCCCCCCCCCCCCCCCCC/C=C\C/C=C\CCCCCCC. The third-order valence-corrected chi connectivity index (χ3v) is 15.1. The van der Waals surface area contributed by atoms with Gasteiger partial charge in [-0.15, -0.1) is 0 Å². The summed E-state index contributed by atoms with van der Waals surface area (Å²) in [5.41, 5.74) is 0. The van der Waals surface area contributed by atoms with Crippen molar-refractivity contribution < 1.29 is 28.6 Å². The Bertz CT molecular complexity index is 1520. The van der Waals surface area contributed by atoms with Crippen molar-refractivity contribution in [3.63, 3.8) is 0 Å². The summed E-state index contributed by atoms with van der Waals surface area (Å²) < 4.78 is 16.9. The van der Waals surface area contributed by atoms with E-state index in [1.54, 1.807) is 0 Å². The van der Waals surface area contributed by atoms with E-state index in [0.717, 1.165) is 116 Å². The predicted octanol–water partition coefficient (Wildman–Crippen LogP) is 23.8. The average Bonchev–Trinajstić information content (AvgIpc) is 3.46. The second kappa shape index (κ2) is 68.1. The number of hydrogen-bond acceptors (Lipinski definition) is 6. The van der Waals surface area contributed by atoms with E-state index in [-0.39, 0.29) is 31.1 Å². The molecule has 0 aliphatic heterocycles.